The maximum atomic E-state index is 11.7. The lowest BCUT2D eigenvalue weighted by atomic mass is 10.0. The molecule has 2 aromatic rings. The summed E-state index contributed by atoms with van der Waals surface area (Å²) >= 11 is 0. The van der Waals surface area contributed by atoms with Gasteiger partial charge >= 0.3 is 6.09 Å². The first-order chi connectivity index (χ1) is 12.0. The molecule has 0 radical (unpaired) electrons. The van der Waals surface area contributed by atoms with E-state index in [0.29, 0.717) is 11.4 Å². The Bertz CT molecular complexity index is 693. The summed E-state index contributed by atoms with van der Waals surface area (Å²) in [4.78, 5) is 15.7. The zero-order valence-electron chi connectivity index (χ0n) is 14.2. The van der Waals surface area contributed by atoms with E-state index in [1.165, 1.54) is 13.3 Å². The van der Waals surface area contributed by atoms with Crippen molar-refractivity contribution in [2.75, 3.05) is 13.7 Å². The summed E-state index contributed by atoms with van der Waals surface area (Å²) in [7, 11) is 1.50. The number of ether oxygens (including phenoxy) is 2. The van der Waals surface area contributed by atoms with Crippen LogP contribution in [0.15, 0.2) is 42.6 Å². The van der Waals surface area contributed by atoms with E-state index in [4.69, 9.17) is 9.47 Å². The molecule has 0 saturated carbocycles. The summed E-state index contributed by atoms with van der Waals surface area (Å²) in [6.45, 7) is 1.75. The van der Waals surface area contributed by atoms with E-state index in [-0.39, 0.29) is 13.2 Å². The molecule has 1 heterocycles. The van der Waals surface area contributed by atoms with Gasteiger partial charge in [-0.05, 0) is 18.1 Å². The van der Waals surface area contributed by atoms with Gasteiger partial charge in [0.05, 0.1) is 7.11 Å². The Hall–Kier alpha value is -2.64. The number of pyridine rings is 1. The molecular weight excluding hydrogens is 324 g/mol. The summed E-state index contributed by atoms with van der Waals surface area (Å²) in [5.74, 6) is 0.422. The first-order valence-corrected chi connectivity index (χ1v) is 7.82. The van der Waals surface area contributed by atoms with Gasteiger partial charge in [0.25, 0.3) is 0 Å². The minimum atomic E-state index is -1.20. The van der Waals surface area contributed by atoms with Crippen molar-refractivity contribution in [1.29, 1.82) is 0 Å². The summed E-state index contributed by atoms with van der Waals surface area (Å²) in [5, 5.41) is 22.7. The third kappa shape index (κ3) is 5.44. The number of rotatable bonds is 7. The monoisotopic (exact) mass is 346 g/mol. The Morgan fingerprint density at radius 1 is 1.28 bits per heavy atom. The zero-order valence-corrected chi connectivity index (χ0v) is 14.2. The summed E-state index contributed by atoms with van der Waals surface area (Å²) < 4.78 is 10.1. The Labute approximate surface area is 146 Å². The number of nitrogens with one attached hydrogen (secondary N) is 1. The van der Waals surface area contributed by atoms with Gasteiger partial charge in [-0.3, -0.25) is 0 Å². The molecule has 25 heavy (non-hydrogen) atoms. The van der Waals surface area contributed by atoms with Crippen molar-refractivity contribution < 1.29 is 24.5 Å². The molecule has 0 fully saturated rings. The average Bonchev–Trinajstić information content (AvgIpc) is 2.64. The van der Waals surface area contributed by atoms with E-state index in [0.717, 1.165) is 11.1 Å². The number of carbonyl (C=O) groups is 1. The average molecular weight is 346 g/mol. The fraction of sp³-hybridized carbons (Fsp3) is 0.333. The van der Waals surface area contributed by atoms with Crippen LogP contribution in [0.4, 0.5) is 4.79 Å². The second kappa shape index (κ2) is 9.00. The molecule has 0 aliphatic rings. The SMILES string of the molecule is COc1cc(C)c(C(O)C(O)CNC(=O)OCc2ccccc2)cn1. The highest BCUT2D eigenvalue weighted by molar-refractivity contribution is 5.67. The van der Waals surface area contributed by atoms with Crippen molar-refractivity contribution in [2.24, 2.45) is 0 Å². The van der Waals surface area contributed by atoms with Gasteiger partial charge in [0.2, 0.25) is 5.88 Å². The molecular formula is C18H22N2O5. The van der Waals surface area contributed by atoms with Crippen molar-refractivity contribution in [2.45, 2.75) is 25.7 Å². The van der Waals surface area contributed by atoms with Crippen LogP contribution in [0, 0.1) is 6.92 Å². The molecule has 7 nitrogen and oxygen atoms in total. The van der Waals surface area contributed by atoms with Crippen LogP contribution in [0.5, 0.6) is 5.88 Å². The smallest absolute Gasteiger partial charge is 0.407 e. The Morgan fingerprint density at radius 3 is 2.64 bits per heavy atom. The zero-order chi connectivity index (χ0) is 18.2. The third-order valence-corrected chi connectivity index (χ3v) is 3.69. The van der Waals surface area contributed by atoms with Gasteiger partial charge in [-0.2, -0.15) is 0 Å². The largest absolute Gasteiger partial charge is 0.481 e. The Balaban J connectivity index is 1.82. The van der Waals surface area contributed by atoms with Gasteiger partial charge in [0.15, 0.2) is 0 Å². The third-order valence-electron chi connectivity index (χ3n) is 3.69. The first kappa shape index (κ1) is 18.7. The lowest BCUT2D eigenvalue weighted by Gasteiger charge is -2.20. The van der Waals surface area contributed by atoms with Gasteiger partial charge in [-0.25, -0.2) is 9.78 Å². The van der Waals surface area contributed by atoms with E-state index in [2.05, 4.69) is 10.3 Å². The predicted octanol–water partition coefficient (Wildman–Crippen LogP) is 1.72. The molecule has 0 saturated heterocycles. The number of aliphatic hydroxyl groups excluding tert-OH is 2. The van der Waals surface area contributed by atoms with Crippen LogP contribution < -0.4 is 10.1 Å². The molecule has 134 valence electrons. The molecule has 0 bridgehead atoms. The highest BCUT2D eigenvalue weighted by atomic mass is 16.5. The van der Waals surface area contributed by atoms with E-state index >= 15 is 0 Å². The number of carbonyl (C=O) groups excluding carboxylic acids is 1. The Morgan fingerprint density at radius 2 is 2.00 bits per heavy atom. The van der Waals surface area contributed by atoms with E-state index in [1.54, 1.807) is 13.0 Å². The minimum Gasteiger partial charge on any atom is -0.481 e. The maximum Gasteiger partial charge on any atom is 0.407 e. The molecule has 0 aliphatic carbocycles. The molecule has 1 aromatic carbocycles. The second-order valence-electron chi connectivity index (χ2n) is 5.54. The molecule has 2 unspecified atom stereocenters. The maximum absolute atomic E-state index is 11.7. The van der Waals surface area contributed by atoms with Gasteiger partial charge in [-0.1, -0.05) is 30.3 Å². The van der Waals surface area contributed by atoms with Crippen molar-refractivity contribution in [3.8, 4) is 5.88 Å². The van der Waals surface area contributed by atoms with E-state index < -0.39 is 18.3 Å². The number of hydrogen-bond acceptors (Lipinski definition) is 6. The molecule has 1 amide bonds. The van der Waals surface area contributed by atoms with Gasteiger partial charge in [0.1, 0.15) is 18.8 Å². The summed E-state index contributed by atoms with van der Waals surface area (Å²) in [6.07, 6.45) is -1.61. The van der Waals surface area contributed by atoms with Crippen LogP contribution in [-0.2, 0) is 11.3 Å². The lowest BCUT2D eigenvalue weighted by molar-refractivity contribution is 0.0178. The predicted molar refractivity (Wildman–Crippen MR) is 91.1 cm³/mol. The fourth-order valence-electron chi connectivity index (χ4n) is 2.24. The van der Waals surface area contributed by atoms with Crippen LogP contribution in [0.1, 0.15) is 22.8 Å². The van der Waals surface area contributed by atoms with Crippen LogP contribution in [0.2, 0.25) is 0 Å². The quantitative estimate of drug-likeness (QED) is 0.706. The molecule has 2 rings (SSSR count). The standard InChI is InChI=1S/C18H22N2O5/c1-12-8-16(24-2)19-9-14(12)17(22)15(21)10-20-18(23)25-11-13-6-4-3-5-7-13/h3-9,15,17,21-22H,10-11H2,1-2H3,(H,20,23). The van der Waals surface area contributed by atoms with E-state index in [9.17, 15) is 15.0 Å². The number of hydrogen-bond donors (Lipinski definition) is 3. The van der Waals surface area contributed by atoms with Crippen molar-refractivity contribution >= 4 is 6.09 Å². The number of amides is 1. The second-order valence-corrected chi connectivity index (χ2v) is 5.54. The van der Waals surface area contributed by atoms with Crippen molar-refractivity contribution in [1.82, 2.24) is 10.3 Å². The van der Waals surface area contributed by atoms with Crippen LogP contribution in [0.3, 0.4) is 0 Å². The Kier molecular flexibility index (Phi) is 6.73. The molecule has 0 aliphatic heterocycles. The number of nitrogens with zero attached hydrogens (tertiary/aromatic N) is 1. The summed E-state index contributed by atoms with van der Waals surface area (Å²) in [5.41, 5.74) is 2.05. The lowest BCUT2D eigenvalue weighted by Crippen LogP contribution is -2.36. The van der Waals surface area contributed by atoms with Crippen molar-refractivity contribution in [3.05, 3.63) is 59.3 Å². The molecule has 3 N–H and O–H groups in total. The number of aliphatic hydroxyl groups is 2. The first-order valence-electron chi connectivity index (χ1n) is 7.82. The summed E-state index contributed by atoms with van der Waals surface area (Å²) in [6, 6.07) is 10.9. The van der Waals surface area contributed by atoms with Crippen LogP contribution in [0.25, 0.3) is 0 Å². The van der Waals surface area contributed by atoms with Gasteiger partial charge in [0, 0.05) is 24.4 Å². The van der Waals surface area contributed by atoms with Crippen molar-refractivity contribution in [3.63, 3.8) is 0 Å². The molecule has 1 aromatic heterocycles. The van der Waals surface area contributed by atoms with Crippen LogP contribution in [-0.4, -0.2) is 41.0 Å². The number of methoxy groups -OCH3 is 1. The number of benzene rings is 1. The normalized spacial score (nSPS) is 13.0. The number of aromatic nitrogens is 1. The highest BCUT2D eigenvalue weighted by Gasteiger charge is 2.21. The van der Waals surface area contributed by atoms with E-state index in [1.807, 2.05) is 30.3 Å². The molecule has 2 atom stereocenters. The molecule has 0 spiro atoms. The van der Waals surface area contributed by atoms with Crippen LogP contribution >= 0.6 is 0 Å². The molecule has 7 heteroatoms. The highest BCUT2D eigenvalue weighted by Crippen LogP contribution is 2.22. The topological polar surface area (TPSA) is 101 Å². The number of alkyl carbamates (subject to hydrolysis) is 1. The number of aryl methyl sites for hydroxylation is 1. The van der Waals surface area contributed by atoms with Gasteiger partial charge in [-0.15, -0.1) is 0 Å². The minimum absolute atomic E-state index is 0.132. The van der Waals surface area contributed by atoms with Gasteiger partial charge < -0.3 is 25.0 Å². The fourth-order valence-corrected chi connectivity index (χ4v) is 2.24.